The van der Waals surface area contributed by atoms with Gasteiger partial charge >= 0.3 is 11.7 Å². The lowest BCUT2D eigenvalue weighted by Gasteiger charge is -2.08. The summed E-state index contributed by atoms with van der Waals surface area (Å²) >= 11 is 1.05. The van der Waals surface area contributed by atoms with Crippen LogP contribution in [-0.2, 0) is 24.9 Å². The molecule has 0 N–H and O–H groups in total. The van der Waals surface area contributed by atoms with Crippen LogP contribution < -0.4 is 11.2 Å². The molecule has 0 atom stereocenters. The van der Waals surface area contributed by atoms with E-state index in [1.807, 2.05) is 36.4 Å². The average molecular weight is 431 g/mol. The minimum absolute atomic E-state index is 0.0284. The first-order chi connectivity index (χ1) is 15.0. The molecule has 0 spiro atoms. The summed E-state index contributed by atoms with van der Waals surface area (Å²) < 4.78 is 7.80. The number of aromatic nitrogens is 2. The highest BCUT2D eigenvalue weighted by atomic mass is 32.1. The standard InChI is InChI=1S/C23H17N3O4S/c1-25-21-18(11-19(31-21)22(28)30-14-15-6-3-2-4-7-15)20(27)26(23(25)29)13-17-9-5-8-16(10-17)12-24/h2-11H,13-14H2,1H3. The van der Waals surface area contributed by atoms with Gasteiger partial charge in [0.2, 0.25) is 0 Å². The molecule has 0 aliphatic carbocycles. The van der Waals surface area contributed by atoms with Crippen LogP contribution in [0.2, 0.25) is 0 Å². The lowest BCUT2D eigenvalue weighted by atomic mass is 10.1. The maximum Gasteiger partial charge on any atom is 0.348 e. The van der Waals surface area contributed by atoms with Crippen molar-refractivity contribution in [1.82, 2.24) is 9.13 Å². The summed E-state index contributed by atoms with van der Waals surface area (Å²) in [5.74, 6) is -0.551. The maximum atomic E-state index is 13.0. The fraction of sp³-hybridized carbons (Fsp3) is 0.130. The van der Waals surface area contributed by atoms with Gasteiger partial charge in [-0.3, -0.25) is 13.9 Å². The van der Waals surface area contributed by atoms with Crippen molar-refractivity contribution in [2.45, 2.75) is 13.2 Å². The Morgan fingerprint density at radius 2 is 1.81 bits per heavy atom. The van der Waals surface area contributed by atoms with Gasteiger partial charge in [0.1, 0.15) is 16.3 Å². The Hall–Kier alpha value is -3.96. The van der Waals surface area contributed by atoms with Crippen LogP contribution in [-0.4, -0.2) is 15.1 Å². The van der Waals surface area contributed by atoms with E-state index in [0.717, 1.165) is 21.5 Å². The summed E-state index contributed by atoms with van der Waals surface area (Å²) in [5.41, 5.74) is 0.980. The molecule has 2 aromatic heterocycles. The van der Waals surface area contributed by atoms with Crippen molar-refractivity contribution < 1.29 is 9.53 Å². The van der Waals surface area contributed by atoms with E-state index in [4.69, 9.17) is 10.00 Å². The van der Waals surface area contributed by atoms with Crippen LogP contribution in [0.25, 0.3) is 10.2 Å². The number of hydrogen-bond donors (Lipinski definition) is 0. The summed E-state index contributed by atoms with van der Waals surface area (Å²) in [6.45, 7) is 0.146. The van der Waals surface area contributed by atoms with E-state index in [0.29, 0.717) is 16.0 Å². The van der Waals surface area contributed by atoms with Gasteiger partial charge in [-0.15, -0.1) is 11.3 Å². The van der Waals surface area contributed by atoms with Crippen molar-refractivity contribution in [3.05, 3.63) is 103 Å². The molecule has 0 unspecified atom stereocenters. The topological polar surface area (TPSA) is 94.1 Å². The molecule has 0 bridgehead atoms. The van der Waals surface area contributed by atoms with E-state index < -0.39 is 17.2 Å². The smallest absolute Gasteiger partial charge is 0.348 e. The van der Waals surface area contributed by atoms with Crippen LogP contribution in [0.1, 0.15) is 26.4 Å². The Balaban J connectivity index is 1.68. The molecule has 2 heterocycles. The van der Waals surface area contributed by atoms with Gasteiger partial charge in [0, 0.05) is 7.05 Å². The van der Waals surface area contributed by atoms with E-state index >= 15 is 0 Å². The zero-order valence-corrected chi connectivity index (χ0v) is 17.4. The molecule has 4 rings (SSSR count). The number of carbonyl (C=O) groups excluding carboxylic acids is 1. The van der Waals surface area contributed by atoms with Gasteiger partial charge in [-0.25, -0.2) is 9.59 Å². The zero-order valence-electron chi connectivity index (χ0n) is 16.6. The molecule has 31 heavy (non-hydrogen) atoms. The van der Waals surface area contributed by atoms with Gasteiger partial charge in [-0.2, -0.15) is 5.26 Å². The molecule has 8 heteroatoms. The summed E-state index contributed by atoms with van der Waals surface area (Å²) in [6, 6.07) is 19.5. The van der Waals surface area contributed by atoms with Gasteiger partial charge in [0.15, 0.2) is 0 Å². The van der Waals surface area contributed by atoms with Gasteiger partial charge < -0.3 is 4.74 Å². The highest BCUT2D eigenvalue weighted by Gasteiger charge is 2.19. The predicted molar refractivity (Wildman–Crippen MR) is 117 cm³/mol. The predicted octanol–water partition coefficient (Wildman–Crippen LogP) is 3.04. The number of nitrogens with zero attached hydrogens (tertiary/aromatic N) is 3. The number of fused-ring (bicyclic) bond motifs is 1. The van der Waals surface area contributed by atoms with Crippen LogP contribution >= 0.6 is 11.3 Å². The minimum atomic E-state index is -0.551. The average Bonchev–Trinajstić information content (AvgIpc) is 3.26. The SMILES string of the molecule is Cn1c(=O)n(Cc2cccc(C#N)c2)c(=O)c2cc(C(=O)OCc3ccccc3)sc21. The van der Waals surface area contributed by atoms with Gasteiger partial charge in [-0.05, 0) is 29.3 Å². The first-order valence-electron chi connectivity index (χ1n) is 9.41. The van der Waals surface area contributed by atoms with E-state index in [9.17, 15) is 14.4 Å². The third-order valence-electron chi connectivity index (χ3n) is 4.82. The molecule has 0 saturated heterocycles. The number of benzene rings is 2. The number of rotatable bonds is 5. The van der Waals surface area contributed by atoms with Crippen molar-refractivity contribution in [2.24, 2.45) is 7.05 Å². The number of thiophene rings is 1. The minimum Gasteiger partial charge on any atom is -0.457 e. The fourth-order valence-corrected chi connectivity index (χ4v) is 4.24. The Kier molecular flexibility index (Phi) is 5.52. The molecule has 0 aliphatic heterocycles. The fourth-order valence-electron chi connectivity index (χ4n) is 3.24. The monoisotopic (exact) mass is 431 g/mol. The molecule has 7 nitrogen and oxygen atoms in total. The van der Waals surface area contributed by atoms with E-state index in [2.05, 4.69) is 0 Å². The Morgan fingerprint density at radius 3 is 2.55 bits per heavy atom. The molecule has 2 aromatic carbocycles. The summed E-state index contributed by atoms with van der Waals surface area (Å²) in [6.07, 6.45) is 0. The highest BCUT2D eigenvalue weighted by Crippen LogP contribution is 2.23. The maximum absolute atomic E-state index is 13.0. The molecule has 154 valence electrons. The summed E-state index contributed by atoms with van der Waals surface area (Å²) in [4.78, 5) is 39.0. The quantitative estimate of drug-likeness (QED) is 0.453. The van der Waals surface area contributed by atoms with Crippen molar-refractivity contribution in [2.75, 3.05) is 0 Å². The molecule has 4 aromatic rings. The number of ether oxygens (including phenoxy) is 1. The number of aryl methyl sites for hydroxylation is 1. The first kappa shape index (κ1) is 20.3. The lowest BCUT2D eigenvalue weighted by Crippen LogP contribution is -2.38. The van der Waals surface area contributed by atoms with Crippen molar-refractivity contribution in [3.8, 4) is 6.07 Å². The van der Waals surface area contributed by atoms with Crippen LogP contribution in [0.4, 0.5) is 0 Å². The van der Waals surface area contributed by atoms with Crippen LogP contribution in [0, 0.1) is 11.3 Å². The number of hydrogen-bond acceptors (Lipinski definition) is 6. The van der Waals surface area contributed by atoms with E-state index in [-0.39, 0.29) is 23.4 Å². The molecule has 0 radical (unpaired) electrons. The van der Waals surface area contributed by atoms with Gasteiger partial charge in [0.05, 0.1) is 23.6 Å². The van der Waals surface area contributed by atoms with Crippen LogP contribution in [0.5, 0.6) is 0 Å². The highest BCUT2D eigenvalue weighted by molar-refractivity contribution is 7.20. The Labute approximate surface area is 181 Å². The van der Waals surface area contributed by atoms with E-state index in [1.54, 1.807) is 31.3 Å². The zero-order chi connectivity index (χ0) is 22.0. The second-order valence-corrected chi connectivity index (χ2v) is 7.97. The van der Waals surface area contributed by atoms with Crippen molar-refractivity contribution in [3.63, 3.8) is 0 Å². The molecule has 0 fully saturated rings. The Bertz CT molecular complexity index is 1440. The Morgan fingerprint density at radius 1 is 1.06 bits per heavy atom. The summed E-state index contributed by atoms with van der Waals surface area (Å²) in [5, 5.41) is 9.34. The number of nitriles is 1. The molecular formula is C23H17N3O4S. The first-order valence-corrected chi connectivity index (χ1v) is 10.2. The number of esters is 1. The second kappa shape index (κ2) is 8.42. The lowest BCUT2D eigenvalue weighted by molar-refractivity contribution is 0.0478. The number of carbonyl (C=O) groups is 1. The molecular weight excluding hydrogens is 414 g/mol. The normalized spacial score (nSPS) is 10.7. The molecule has 0 amide bonds. The van der Waals surface area contributed by atoms with Gasteiger partial charge in [-0.1, -0.05) is 42.5 Å². The second-order valence-electron chi connectivity index (χ2n) is 6.94. The van der Waals surface area contributed by atoms with Gasteiger partial charge in [0.25, 0.3) is 5.56 Å². The van der Waals surface area contributed by atoms with E-state index in [1.165, 1.54) is 10.6 Å². The largest absolute Gasteiger partial charge is 0.457 e. The molecule has 0 aliphatic rings. The van der Waals surface area contributed by atoms with Crippen molar-refractivity contribution in [1.29, 1.82) is 5.26 Å². The van der Waals surface area contributed by atoms with Crippen LogP contribution in [0.3, 0.4) is 0 Å². The van der Waals surface area contributed by atoms with Crippen molar-refractivity contribution >= 4 is 27.5 Å². The third kappa shape index (κ3) is 4.04. The van der Waals surface area contributed by atoms with Crippen LogP contribution in [0.15, 0.2) is 70.3 Å². The third-order valence-corrected chi connectivity index (χ3v) is 6.01. The summed E-state index contributed by atoms with van der Waals surface area (Å²) in [7, 11) is 1.56. The molecule has 0 saturated carbocycles.